The number of nitrogens with one attached hydrogen (secondary N) is 1. The van der Waals surface area contributed by atoms with Gasteiger partial charge in [0, 0.05) is 12.6 Å². The zero-order valence-corrected chi connectivity index (χ0v) is 10.6. The summed E-state index contributed by atoms with van der Waals surface area (Å²) >= 11 is 0. The van der Waals surface area contributed by atoms with E-state index < -0.39 is 11.6 Å². The molecule has 2 aromatic rings. The van der Waals surface area contributed by atoms with Gasteiger partial charge in [0.1, 0.15) is 11.6 Å². The van der Waals surface area contributed by atoms with Crippen molar-refractivity contribution in [3.05, 3.63) is 59.7 Å². The first-order valence-corrected chi connectivity index (χ1v) is 6.11. The second-order valence-electron chi connectivity index (χ2n) is 4.10. The molecular weight excluding hydrogens is 248 g/mol. The van der Waals surface area contributed by atoms with Gasteiger partial charge in [-0.05, 0) is 36.4 Å². The molecule has 0 spiro atoms. The topological polar surface area (TPSA) is 21.3 Å². The Bertz CT molecular complexity index is 558. The molecule has 1 N–H and O–H groups in total. The lowest BCUT2D eigenvalue weighted by atomic mass is 10.2. The van der Waals surface area contributed by atoms with Crippen molar-refractivity contribution >= 4 is 0 Å². The molecule has 0 bridgehead atoms. The Morgan fingerprint density at radius 2 is 1.95 bits per heavy atom. The summed E-state index contributed by atoms with van der Waals surface area (Å²) in [6.07, 6.45) is 0. The largest absolute Gasteiger partial charge is 0.454 e. The van der Waals surface area contributed by atoms with Gasteiger partial charge in [-0.25, -0.2) is 8.78 Å². The van der Waals surface area contributed by atoms with Crippen LogP contribution in [0.3, 0.4) is 0 Å². The van der Waals surface area contributed by atoms with E-state index in [9.17, 15) is 8.78 Å². The molecule has 0 fully saturated rings. The summed E-state index contributed by atoms with van der Waals surface area (Å²) in [5, 5.41) is 3.20. The van der Waals surface area contributed by atoms with Crippen LogP contribution < -0.4 is 10.1 Å². The van der Waals surface area contributed by atoms with Crippen molar-refractivity contribution in [1.29, 1.82) is 0 Å². The fraction of sp³-hybridized carbons (Fsp3) is 0.200. The molecule has 0 atom stereocenters. The van der Waals surface area contributed by atoms with E-state index in [1.54, 1.807) is 6.07 Å². The Hall–Kier alpha value is -1.94. The van der Waals surface area contributed by atoms with E-state index in [0.717, 1.165) is 24.7 Å². The van der Waals surface area contributed by atoms with E-state index in [0.29, 0.717) is 5.75 Å². The minimum atomic E-state index is -0.711. The highest BCUT2D eigenvalue weighted by molar-refractivity contribution is 5.34. The van der Waals surface area contributed by atoms with Gasteiger partial charge in [0.15, 0.2) is 11.6 Å². The van der Waals surface area contributed by atoms with Crippen molar-refractivity contribution in [3.8, 4) is 11.5 Å². The van der Waals surface area contributed by atoms with Crippen molar-refractivity contribution in [3.63, 3.8) is 0 Å². The fourth-order valence-corrected chi connectivity index (χ4v) is 1.67. The van der Waals surface area contributed by atoms with Gasteiger partial charge in [0.25, 0.3) is 0 Å². The third kappa shape index (κ3) is 3.76. The summed E-state index contributed by atoms with van der Waals surface area (Å²) in [7, 11) is 0. The molecule has 0 aliphatic rings. The highest BCUT2D eigenvalue weighted by Gasteiger charge is 2.06. The SMILES string of the molecule is CCNCc1cccc(Oc2ccc(F)cc2F)c1. The van der Waals surface area contributed by atoms with Crippen molar-refractivity contribution < 1.29 is 13.5 Å². The van der Waals surface area contributed by atoms with Crippen molar-refractivity contribution in [2.75, 3.05) is 6.54 Å². The molecule has 4 heteroatoms. The lowest BCUT2D eigenvalue weighted by Crippen LogP contribution is -2.11. The number of benzene rings is 2. The summed E-state index contributed by atoms with van der Waals surface area (Å²) in [4.78, 5) is 0. The molecule has 0 saturated heterocycles. The smallest absolute Gasteiger partial charge is 0.168 e. The maximum absolute atomic E-state index is 13.5. The monoisotopic (exact) mass is 263 g/mol. The first-order valence-electron chi connectivity index (χ1n) is 6.11. The molecule has 2 aromatic carbocycles. The number of hydrogen-bond donors (Lipinski definition) is 1. The van der Waals surface area contributed by atoms with Gasteiger partial charge in [-0.1, -0.05) is 19.1 Å². The van der Waals surface area contributed by atoms with E-state index in [4.69, 9.17) is 4.74 Å². The predicted molar refractivity (Wildman–Crippen MR) is 70.3 cm³/mol. The highest BCUT2D eigenvalue weighted by Crippen LogP contribution is 2.25. The van der Waals surface area contributed by atoms with Crippen LogP contribution in [-0.2, 0) is 6.54 Å². The molecule has 19 heavy (non-hydrogen) atoms. The quantitative estimate of drug-likeness (QED) is 0.884. The molecule has 0 heterocycles. The molecule has 0 aliphatic heterocycles. The molecule has 0 amide bonds. The molecule has 0 saturated carbocycles. The summed E-state index contributed by atoms with van der Waals surface area (Å²) in [6, 6.07) is 10.6. The summed E-state index contributed by atoms with van der Waals surface area (Å²) in [5.41, 5.74) is 1.04. The van der Waals surface area contributed by atoms with Crippen molar-refractivity contribution in [2.24, 2.45) is 0 Å². The van der Waals surface area contributed by atoms with Gasteiger partial charge in [-0.2, -0.15) is 0 Å². The highest BCUT2D eigenvalue weighted by atomic mass is 19.1. The van der Waals surface area contributed by atoms with Crippen LogP contribution in [0, 0.1) is 11.6 Å². The Labute approximate surface area is 111 Å². The molecule has 100 valence electrons. The van der Waals surface area contributed by atoms with Gasteiger partial charge in [0.05, 0.1) is 0 Å². The van der Waals surface area contributed by atoms with Crippen LogP contribution >= 0.6 is 0 Å². The third-order valence-electron chi connectivity index (χ3n) is 2.60. The first-order chi connectivity index (χ1) is 9.19. The Kier molecular flexibility index (Phi) is 4.47. The lowest BCUT2D eigenvalue weighted by molar-refractivity contribution is 0.437. The third-order valence-corrected chi connectivity index (χ3v) is 2.60. The van der Waals surface area contributed by atoms with Gasteiger partial charge < -0.3 is 10.1 Å². The number of rotatable bonds is 5. The minimum absolute atomic E-state index is 0.0157. The van der Waals surface area contributed by atoms with Crippen LogP contribution in [0.25, 0.3) is 0 Å². The van der Waals surface area contributed by atoms with Gasteiger partial charge in [0.2, 0.25) is 0 Å². The predicted octanol–water partition coefficient (Wildman–Crippen LogP) is 3.87. The average molecular weight is 263 g/mol. The maximum atomic E-state index is 13.5. The maximum Gasteiger partial charge on any atom is 0.168 e. The van der Waals surface area contributed by atoms with Gasteiger partial charge in [-0.15, -0.1) is 0 Å². The van der Waals surface area contributed by atoms with Crippen molar-refractivity contribution in [1.82, 2.24) is 5.32 Å². The fourth-order valence-electron chi connectivity index (χ4n) is 1.67. The van der Waals surface area contributed by atoms with Crippen LogP contribution in [0.5, 0.6) is 11.5 Å². The zero-order valence-electron chi connectivity index (χ0n) is 10.6. The lowest BCUT2D eigenvalue weighted by Gasteiger charge is -2.08. The second-order valence-corrected chi connectivity index (χ2v) is 4.10. The normalized spacial score (nSPS) is 10.5. The van der Waals surface area contributed by atoms with Crippen LogP contribution in [-0.4, -0.2) is 6.54 Å². The van der Waals surface area contributed by atoms with Crippen LogP contribution in [0.15, 0.2) is 42.5 Å². The Morgan fingerprint density at radius 1 is 1.11 bits per heavy atom. The molecular formula is C15H15F2NO. The van der Waals surface area contributed by atoms with Gasteiger partial charge in [-0.3, -0.25) is 0 Å². The molecule has 0 radical (unpaired) electrons. The first kappa shape index (κ1) is 13.5. The van der Waals surface area contributed by atoms with Crippen LogP contribution in [0.4, 0.5) is 8.78 Å². The van der Waals surface area contributed by atoms with E-state index in [1.807, 2.05) is 25.1 Å². The zero-order chi connectivity index (χ0) is 13.7. The summed E-state index contributed by atoms with van der Waals surface area (Å²) in [6.45, 7) is 3.62. The number of ether oxygens (including phenoxy) is 1. The van der Waals surface area contributed by atoms with E-state index in [-0.39, 0.29) is 5.75 Å². The Morgan fingerprint density at radius 3 is 2.68 bits per heavy atom. The van der Waals surface area contributed by atoms with Gasteiger partial charge >= 0.3 is 0 Å². The standard InChI is InChI=1S/C15H15F2NO/c1-2-18-10-11-4-3-5-13(8-11)19-15-7-6-12(16)9-14(15)17/h3-9,18H,2,10H2,1H3. The minimum Gasteiger partial charge on any atom is -0.454 e. The average Bonchev–Trinajstić information content (AvgIpc) is 2.40. The van der Waals surface area contributed by atoms with E-state index in [1.165, 1.54) is 12.1 Å². The molecule has 0 aliphatic carbocycles. The molecule has 0 aromatic heterocycles. The van der Waals surface area contributed by atoms with E-state index in [2.05, 4.69) is 5.32 Å². The van der Waals surface area contributed by atoms with Crippen LogP contribution in [0.1, 0.15) is 12.5 Å². The number of halogens is 2. The summed E-state index contributed by atoms with van der Waals surface area (Å²) in [5.74, 6) is -0.786. The molecule has 2 rings (SSSR count). The Balaban J connectivity index is 2.14. The second kappa shape index (κ2) is 6.29. The molecule has 0 unspecified atom stereocenters. The van der Waals surface area contributed by atoms with Crippen molar-refractivity contribution in [2.45, 2.75) is 13.5 Å². The molecule has 2 nitrogen and oxygen atoms in total. The van der Waals surface area contributed by atoms with Crippen LogP contribution in [0.2, 0.25) is 0 Å². The van der Waals surface area contributed by atoms with E-state index >= 15 is 0 Å². The summed E-state index contributed by atoms with van der Waals surface area (Å²) < 4.78 is 31.7. The number of hydrogen-bond acceptors (Lipinski definition) is 2.